The molecule has 1 aliphatic carbocycles. The first kappa shape index (κ1) is 21.1. The summed E-state index contributed by atoms with van der Waals surface area (Å²) in [7, 11) is 0. The van der Waals surface area contributed by atoms with Crippen LogP contribution in [0.25, 0.3) is 0 Å². The molecule has 1 unspecified atom stereocenters. The Hall–Kier alpha value is -3.10. The molecule has 1 fully saturated rings. The van der Waals surface area contributed by atoms with Gasteiger partial charge in [-0.3, -0.25) is 9.59 Å². The van der Waals surface area contributed by atoms with Gasteiger partial charge >= 0.3 is 0 Å². The monoisotopic (exact) mass is 427 g/mol. The van der Waals surface area contributed by atoms with Crippen LogP contribution < -0.4 is 14.8 Å². The van der Waals surface area contributed by atoms with Crippen molar-refractivity contribution in [3.8, 4) is 11.5 Å². The van der Waals surface area contributed by atoms with Crippen molar-refractivity contribution in [1.29, 1.82) is 0 Å². The van der Waals surface area contributed by atoms with Crippen molar-refractivity contribution in [1.82, 2.24) is 25.2 Å². The van der Waals surface area contributed by atoms with E-state index in [1.165, 1.54) is 0 Å². The van der Waals surface area contributed by atoms with E-state index in [0.717, 1.165) is 25.7 Å². The van der Waals surface area contributed by atoms with Gasteiger partial charge < -0.3 is 19.7 Å². The SMILES string of the molecule is CCN(CC)C(=O)c1cn(C2CCC(NC(=O)C3COc4ccccc4O3)CC2)nn1. The number of para-hydroxylation sites is 2. The van der Waals surface area contributed by atoms with Crippen molar-refractivity contribution in [2.45, 2.75) is 57.7 Å². The lowest BCUT2D eigenvalue weighted by Crippen LogP contribution is -2.48. The predicted molar refractivity (Wildman–Crippen MR) is 113 cm³/mol. The quantitative estimate of drug-likeness (QED) is 0.759. The summed E-state index contributed by atoms with van der Waals surface area (Å²) < 4.78 is 13.2. The van der Waals surface area contributed by atoms with Crippen molar-refractivity contribution >= 4 is 11.8 Å². The van der Waals surface area contributed by atoms with Crippen LogP contribution in [0.3, 0.4) is 0 Å². The zero-order valence-electron chi connectivity index (χ0n) is 18.0. The Balaban J connectivity index is 1.28. The molecular formula is C22H29N5O4. The van der Waals surface area contributed by atoms with E-state index in [4.69, 9.17) is 9.47 Å². The summed E-state index contributed by atoms with van der Waals surface area (Å²) in [6.07, 6.45) is 4.49. The maximum Gasteiger partial charge on any atom is 0.276 e. The average Bonchev–Trinajstić information content (AvgIpc) is 3.30. The van der Waals surface area contributed by atoms with Crippen LogP contribution in [0, 0.1) is 0 Å². The van der Waals surface area contributed by atoms with Crippen LogP contribution in [0.1, 0.15) is 56.1 Å². The van der Waals surface area contributed by atoms with Gasteiger partial charge in [0.05, 0.1) is 12.2 Å². The Labute approximate surface area is 181 Å². The minimum atomic E-state index is -0.642. The minimum Gasteiger partial charge on any atom is -0.485 e. The van der Waals surface area contributed by atoms with Gasteiger partial charge in [-0.15, -0.1) is 5.10 Å². The highest BCUT2D eigenvalue weighted by Gasteiger charge is 2.31. The molecule has 4 rings (SSSR count). The zero-order chi connectivity index (χ0) is 21.8. The van der Waals surface area contributed by atoms with Gasteiger partial charge in [-0.05, 0) is 51.7 Å². The summed E-state index contributed by atoms with van der Waals surface area (Å²) in [6.45, 7) is 5.40. The highest BCUT2D eigenvalue weighted by atomic mass is 16.6. The van der Waals surface area contributed by atoms with E-state index < -0.39 is 6.10 Å². The van der Waals surface area contributed by atoms with Crippen molar-refractivity contribution in [2.24, 2.45) is 0 Å². The maximum atomic E-state index is 12.6. The number of nitrogens with zero attached hydrogens (tertiary/aromatic N) is 4. The summed E-state index contributed by atoms with van der Waals surface area (Å²) in [4.78, 5) is 26.8. The van der Waals surface area contributed by atoms with Crippen LogP contribution in [0.4, 0.5) is 0 Å². The van der Waals surface area contributed by atoms with Crippen LogP contribution >= 0.6 is 0 Å². The fraction of sp³-hybridized carbons (Fsp3) is 0.545. The standard InChI is InChI=1S/C22H29N5O4/c1-3-26(4-2)22(29)17-13-27(25-24-17)16-11-9-15(10-12-16)23-21(28)20-14-30-18-7-5-6-8-19(18)31-20/h5-8,13,15-16,20H,3-4,9-12,14H2,1-2H3,(H,23,28). The molecule has 0 radical (unpaired) electrons. The van der Waals surface area contributed by atoms with Crippen molar-refractivity contribution < 1.29 is 19.1 Å². The van der Waals surface area contributed by atoms with Crippen molar-refractivity contribution in [3.63, 3.8) is 0 Å². The lowest BCUT2D eigenvalue weighted by molar-refractivity contribution is -0.131. The van der Waals surface area contributed by atoms with E-state index in [1.807, 2.05) is 32.0 Å². The number of fused-ring (bicyclic) bond motifs is 1. The molecule has 1 saturated carbocycles. The van der Waals surface area contributed by atoms with Gasteiger partial charge in [0.25, 0.3) is 11.8 Å². The third-order valence-electron chi connectivity index (χ3n) is 6.00. The normalized spacial score (nSPS) is 22.6. The Kier molecular flexibility index (Phi) is 6.39. The molecule has 1 atom stereocenters. The summed E-state index contributed by atoms with van der Waals surface area (Å²) in [6, 6.07) is 7.63. The Morgan fingerprint density at radius 3 is 2.55 bits per heavy atom. The third kappa shape index (κ3) is 4.65. The van der Waals surface area contributed by atoms with Crippen LogP contribution in [0.5, 0.6) is 11.5 Å². The second-order valence-electron chi connectivity index (χ2n) is 7.94. The summed E-state index contributed by atoms with van der Waals surface area (Å²) in [5, 5.41) is 11.4. The van der Waals surface area contributed by atoms with Gasteiger partial charge in [0.2, 0.25) is 6.10 Å². The molecule has 9 nitrogen and oxygen atoms in total. The van der Waals surface area contributed by atoms with E-state index >= 15 is 0 Å². The molecule has 1 N–H and O–H groups in total. The smallest absolute Gasteiger partial charge is 0.276 e. The number of amides is 2. The van der Waals surface area contributed by atoms with Gasteiger partial charge in [-0.25, -0.2) is 4.68 Å². The third-order valence-corrected chi connectivity index (χ3v) is 6.00. The molecule has 31 heavy (non-hydrogen) atoms. The van der Waals surface area contributed by atoms with Gasteiger partial charge in [0.15, 0.2) is 17.2 Å². The number of hydrogen-bond donors (Lipinski definition) is 1. The summed E-state index contributed by atoms with van der Waals surface area (Å²) in [5.74, 6) is 1.02. The Morgan fingerprint density at radius 2 is 1.84 bits per heavy atom. The molecule has 2 amide bonds. The molecule has 2 heterocycles. The fourth-order valence-electron chi connectivity index (χ4n) is 4.15. The molecule has 166 valence electrons. The molecule has 9 heteroatoms. The molecule has 0 saturated heterocycles. The van der Waals surface area contributed by atoms with Crippen LogP contribution in [0.2, 0.25) is 0 Å². The average molecular weight is 428 g/mol. The van der Waals surface area contributed by atoms with E-state index in [0.29, 0.717) is 30.3 Å². The minimum absolute atomic E-state index is 0.0878. The highest BCUT2D eigenvalue weighted by Crippen LogP contribution is 2.31. The molecule has 0 bridgehead atoms. The Bertz CT molecular complexity index is 918. The van der Waals surface area contributed by atoms with E-state index in [9.17, 15) is 9.59 Å². The zero-order valence-corrected chi connectivity index (χ0v) is 18.0. The molecule has 1 aromatic carbocycles. The highest BCUT2D eigenvalue weighted by molar-refractivity contribution is 5.91. The van der Waals surface area contributed by atoms with E-state index in [2.05, 4.69) is 15.6 Å². The first-order valence-electron chi connectivity index (χ1n) is 11.0. The lowest BCUT2D eigenvalue weighted by atomic mass is 9.91. The molecule has 2 aliphatic rings. The van der Waals surface area contributed by atoms with Crippen LogP contribution in [0.15, 0.2) is 30.5 Å². The number of ether oxygens (including phenoxy) is 2. The number of carbonyl (C=O) groups is 2. The molecule has 2 aromatic rings. The largest absolute Gasteiger partial charge is 0.485 e. The number of aromatic nitrogens is 3. The van der Waals surface area contributed by atoms with Gasteiger partial charge in [-0.1, -0.05) is 17.3 Å². The summed E-state index contributed by atoms with van der Waals surface area (Å²) in [5.41, 5.74) is 0.383. The van der Waals surface area contributed by atoms with E-state index in [-0.39, 0.29) is 30.5 Å². The van der Waals surface area contributed by atoms with Crippen LogP contribution in [-0.2, 0) is 4.79 Å². The lowest BCUT2D eigenvalue weighted by Gasteiger charge is -2.31. The summed E-state index contributed by atoms with van der Waals surface area (Å²) >= 11 is 0. The maximum absolute atomic E-state index is 12.6. The number of carbonyl (C=O) groups excluding carboxylic acids is 2. The first-order chi connectivity index (χ1) is 15.1. The first-order valence-corrected chi connectivity index (χ1v) is 11.0. The Morgan fingerprint density at radius 1 is 1.13 bits per heavy atom. The number of hydrogen-bond acceptors (Lipinski definition) is 6. The van der Waals surface area contributed by atoms with Crippen molar-refractivity contribution in [2.75, 3.05) is 19.7 Å². The fourth-order valence-corrected chi connectivity index (χ4v) is 4.15. The van der Waals surface area contributed by atoms with E-state index in [1.54, 1.807) is 21.8 Å². The van der Waals surface area contributed by atoms with Gasteiger partial charge in [-0.2, -0.15) is 0 Å². The number of rotatable bonds is 6. The number of nitrogens with one attached hydrogen (secondary N) is 1. The molecule has 1 aromatic heterocycles. The molecule has 1 aliphatic heterocycles. The molecular weight excluding hydrogens is 398 g/mol. The van der Waals surface area contributed by atoms with Crippen LogP contribution in [-0.4, -0.2) is 63.6 Å². The number of benzene rings is 1. The second kappa shape index (κ2) is 9.36. The van der Waals surface area contributed by atoms with Gasteiger partial charge in [0, 0.05) is 19.1 Å². The topological polar surface area (TPSA) is 98.6 Å². The second-order valence-corrected chi connectivity index (χ2v) is 7.94. The van der Waals surface area contributed by atoms with Gasteiger partial charge in [0.1, 0.15) is 6.61 Å². The van der Waals surface area contributed by atoms with Crippen molar-refractivity contribution in [3.05, 3.63) is 36.2 Å². The predicted octanol–water partition coefficient (Wildman–Crippen LogP) is 2.20. The molecule has 0 spiro atoms.